The standard InChI is InChI=1S/C17H15ClN2O5/c1-10(25-17(22)12-3-5-15(18)19-8-12)16(21)20-7-11-2-4-13-14(6-11)24-9-23-13/h2-6,8,10H,7,9H2,1H3,(H,20,21)/t10-/m1/s1. The lowest BCUT2D eigenvalue weighted by molar-refractivity contribution is -0.129. The topological polar surface area (TPSA) is 86.8 Å². The molecule has 0 saturated heterocycles. The highest BCUT2D eigenvalue weighted by molar-refractivity contribution is 6.29. The number of halogens is 1. The number of carbonyl (C=O) groups is 2. The predicted molar refractivity (Wildman–Crippen MR) is 88.5 cm³/mol. The number of hydrogen-bond donors (Lipinski definition) is 1. The third-order valence-electron chi connectivity index (χ3n) is 3.52. The van der Waals surface area contributed by atoms with E-state index in [4.69, 9.17) is 25.8 Å². The Morgan fingerprint density at radius 2 is 2.08 bits per heavy atom. The van der Waals surface area contributed by atoms with Crippen LogP contribution in [0.4, 0.5) is 0 Å². The van der Waals surface area contributed by atoms with Gasteiger partial charge in [-0.1, -0.05) is 17.7 Å². The molecule has 1 aliphatic heterocycles. The van der Waals surface area contributed by atoms with Crippen molar-refractivity contribution in [3.8, 4) is 11.5 Å². The zero-order valence-corrected chi connectivity index (χ0v) is 14.1. The molecular formula is C17H15ClN2O5. The number of aromatic nitrogens is 1. The molecule has 1 amide bonds. The Bertz CT molecular complexity index is 794. The quantitative estimate of drug-likeness (QED) is 0.649. The monoisotopic (exact) mass is 362 g/mol. The Morgan fingerprint density at radius 1 is 1.28 bits per heavy atom. The van der Waals surface area contributed by atoms with Crippen LogP contribution in [-0.2, 0) is 16.1 Å². The molecule has 2 aromatic rings. The average molecular weight is 363 g/mol. The molecule has 0 spiro atoms. The summed E-state index contributed by atoms with van der Waals surface area (Å²) in [5, 5.41) is 2.98. The summed E-state index contributed by atoms with van der Waals surface area (Å²) in [6, 6.07) is 8.35. The highest BCUT2D eigenvalue weighted by Gasteiger charge is 2.19. The molecule has 1 aromatic heterocycles. The van der Waals surface area contributed by atoms with Crippen LogP contribution >= 0.6 is 11.6 Å². The molecule has 0 bridgehead atoms. The van der Waals surface area contributed by atoms with Crippen molar-refractivity contribution in [2.75, 3.05) is 6.79 Å². The van der Waals surface area contributed by atoms with E-state index in [2.05, 4.69) is 10.3 Å². The molecule has 1 N–H and O–H groups in total. The van der Waals surface area contributed by atoms with Crippen molar-refractivity contribution >= 4 is 23.5 Å². The van der Waals surface area contributed by atoms with Crippen molar-refractivity contribution in [2.45, 2.75) is 19.6 Å². The number of ether oxygens (including phenoxy) is 3. The molecule has 0 unspecified atom stereocenters. The second kappa shape index (κ2) is 7.40. The molecule has 3 rings (SSSR count). The van der Waals surface area contributed by atoms with Gasteiger partial charge in [-0.3, -0.25) is 4.79 Å². The summed E-state index contributed by atoms with van der Waals surface area (Å²) >= 11 is 5.66. The number of hydrogen-bond acceptors (Lipinski definition) is 6. The first-order valence-electron chi connectivity index (χ1n) is 7.51. The van der Waals surface area contributed by atoms with Crippen LogP contribution in [0.15, 0.2) is 36.5 Å². The van der Waals surface area contributed by atoms with Gasteiger partial charge in [0, 0.05) is 12.7 Å². The number of amides is 1. The van der Waals surface area contributed by atoms with Crippen molar-refractivity contribution < 1.29 is 23.8 Å². The maximum atomic E-state index is 12.1. The Morgan fingerprint density at radius 3 is 2.84 bits per heavy atom. The molecule has 1 aliphatic rings. The Balaban J connectivity index is 1.52. The van der Waals surface area contributed by atoms with Gasteiger partial charge in [-0.25, -0.2) is 9.78 Å². The highest BCUT2D eigenvalue weighted by atomic mass is 35.5. The zero-order valence-electron chi connectivity index (χ0n) is 13.3. The fraction of sp³-hybridized carbons (Fsp3) is 0.235. The van der Waals surface area contributed by atoms with Crippen LogP contribution < -0.4 is 14.8 Å². The predicted octanol–water partition coefficient (Wildman–Crippen LogP) is 2.33. The van der Waals surface area contributed by atoms with Crippen molar-refractivity contribution in [1.29, 1.82) is 0 Å². The molecule has 0 saturated carbocycles. The molecule has 130 valence electrons. The number of nitrogens with one attached hydrogen (secondary N) is 1. The summed E-state index contributed by atoms with van der Waals surface area (Å²) in [4.78, 5) is 27.8. The van der Waals surface area contributed by atoms with Crippen molar-refractivity contribution in [3.05, 3.63) is 52.8 Å². The van der Waals surface area contributed by atoms with E-state index in [9.17, 15) is 9.59 Å². The van der Waals surface area contributed by atoms with Crippen LogP contribution in [0.2, 0.25) is 5.15 Å². The van der Waals surface area contributed by atoms with E-state index in [0.29, 0.717) is 11.5 Å². The van der Waals surface area contributed by atoms with Crippen LogP contribution in [0.1, 0.15) is 22.8 Å². The second-order valence-electron chi connectivity index (χ2n) is 5.32. The van der Waals surface area contributed by atoms with E-state index in [1.807, 2.05) is 6.07 Å². The summed E-state index contributed by atoms with van der Waals surface area (Å²) in [7, 11) is 0. The smallest absolute Gasteiger partial charge is 0.340 e. The molecule has 25 heavy (non-hydrogen) atoms. The van der Waals surface area contributed by atoms with Gasteiger partial charge in [-0.15, -0.1) is 0 Å². The van der Waals surface area contributed by atoms with E-state index in [0.717, 1.165) is 5.56 Å². The van der Waals surface area contributed by atoms with Gasteiger partial charge in [-0.2, -0.15) is 0 Å². The van der Waals surface area contributed by atoms with Gasteiger partial charge in [-0.05, 0) is 36.8 Å². The molecule has 1 aromatic carbocycles. The zero-order chi connectivity index (χ0) is 17.8. The van der Waals surface area contributed by atoms with Crippen LogP contribution in [0.25, 0.3) is 0 Å². The lowest BCUT2D eigenvalue weighted by Crippen LogP contribution is -2.35. The summed E-state index contributed by atoms with van der Waals surface area (Å²) < 4.78 is 15.6. The van der Waals surface area contributed by atoms with Gasteiger partial charge in [0.05, 0.1) is 5.56 Å². The van der Waals surface area contributed by atoms with Gasteiger partial charge in [0.25, 0.3) is 5.91 Å². The normalized spacial score (nSPS) is 13.2. The molecule has 7 nitrogen and oxygen atoms in total. The summed E-state index contributed by atoms with van der Waals surface area (Å²) in [5.41, 5.74) is 1.07. The van der Waals surface area contributed by atoms with Crippen molar-refractivity contribution in [1.82, 2.24) is 10.3 Å². The molecule has 0 fully saturated rings. The lowest BCUT2D eigenvalue weighted by atomic mass is 10.2. The first-order valence-corrected chi connectivity index (χ1v) is 7.89. The van der Waals surface area contributed by atoms with Crippen LogP contribution in [-0.4, -0.2) is 29.8 Å². The summed E-state index contributed by atoms with van der Waals surface area (Å²) in [5.74, 6) is 0.262. The summed E-state index contributed by atoms with van der Waals surface area (Å²) in [6.07, 6.45) is 0.347. The van der Waals surface area contributed by atoms with Gasteiger partial charge in [0.2, 0.25) is 6.79 Å². The first-order chi connectivity index (χ1) is 12.0. The van der Waals surface area contributed by atoms with Gasteiger partial charge in [0.15, 0.2) is 17.6 Å². The average Bonchev–Trinajstić information content (AvgIpc) is 3.07. The number of carbonyl (C=O) groups excluding carboxylic acids is 2. The number of fused-ring (bicyclic) bond motifs is 1. The van der Waals surface area contributed by atoms with Gasteiger partial charge >= 0.3 is 5.97 Å². The van der Waals surface area contributed by atoms with Crippen molar-refractivity contribution in [2.24, 2.45) is 0 Å². The number of benzene rings is 1. The molecule has 0 radical (unpaired) electrons. The first kappa shape index (κ1) is 17.0. The number of esters is 1. The lowest BCUT2D eigenvalue weighted by Gasteiger charge is -2.13. The fourth-order valence-corrected chi connectivity index (χ4v) is 2.27. The number of rotatable bonds is 5. The van der Waals surface area contributed by atoms with E-state index >= 15 is 0 Å². The molecular weight excluding hydrogens is 348 g/mol. The summed E-state index contributed by atoms with van der Waals surface area (Å²) in [6.45, 7) is 1.97. The minimum absolute atomic E-state index is 0.192. The number of nitrogens with zero attached hydrogens (tertiary/aromatic N) is 1. The maximum absolute atomic E-state index is 12.1. The Kier molecular flexibility index (Phi) is 5.04. The van der Waals surface area contributed by atoms with E-state index in [1.54, 1.807) is 12.1 Å². The van der Waals surface area contributed by atoms with Crippen LogP contribution in [0.3, 0.4) is 0 Å². The van der Waals surface area contributed by atoms with E-state index in [1.165, 1.54) is 25.3 Å². The van der Waals surface area contributed by atoms with E-state index < -0.39 is 18.0 Å². The third kappa shape index (κ3) is 4.19. The fourth-order valence-electron chi connectivity index (χ4n) is 2.16. The molecule has 2 heterocycles. The van der Waals surface area contributed by atoms with Gasteiger partial charge < -0.3 is 19.5 Å². The van der Waals surface area contributed by atoms with Gasteiger partial charge in [0.1, 0.15) is 5.15 Å². The SMILES string of the molecule is C[C@@H](OC(=O)c1ccc(Cl)nc1)C(=O)NCc1ccc2c(c1)OCO2. The van der Waals surface area contributed by atoms with Crippen LogP contribution in [0.5, 0.6) is 11.5 Å². The molecule has 1 atom stereocenters. The Hall–Kier alpha value is -2.80. The minimum Gasteiger partial charge on any atom is -0.454 e. The maximum Gasteiger partial charge on any atom is 0.340 e. The second-order valence-corrected chi connectivity index (χ2v) is 5.71. The largest absolute Gasteiger partial charge is 0.454 e. The Labute approximate surface area is 148 Å². The molecule has 0 aliphatic carbocycles. The minimum atomic E-state index is -0.947. The highest BCUT2D eigenvalue weighted by Crippen LogP contribution is 2.32. The van der Waals surface area contributed by atoms with Crippen molar-refractivity contribution in [3.63, 3.8) is 0 Å². The third-order valence-corrected chi connectivity index (χ3v) is 3.74. The van der Waals surface area contributed by atoms with E-state index in [-0.39, 0.29) is 24.1 Å². The number of pyridine rings is 1. The molecule has 8 heteroatoms. The van der Waals surface area contributed by atoms with Crippen LogP contribution in [0, 0.1) is 0 Å².